The van der Waals surface area contributed by atoms with Gasteiger partial charge < -0.3 is 5.73 Å². The van der Waals surface area contributed by atoms with Crippen LogP contribution in [0.1, 0.15) is 26.5 Å². The lowest BCUT2D eigenvalue weighted by Gasteiger charge is -2.18. The molecule has 0 saturated heterocycles. The SMILES string of the molecule is CC(C)(C)c1cc(-c2cncnc2)nc(N)n1. The number of aromatic nitrogens is 4. The van der Waals surface area contributed by atoms with Crippen LogP contribution in [0.15, 0.2) is 24.8 Å². The minimum absolute atomic E-state index is 0.0680. The van der Waals surface area contributed by atoms with Crippen LogP contribution in [0, 0.1) is 0 Å². The van der Waals surface area contributed by atoms with E-state index in [0.717, 1.165) is 17.0 Å². The predicted octanol–water partition coefficient (Wildman–Crippen LogP) is 1.81. The summed E-state index contributed by atoms with van der Waals surface area (Å²) in [6.07, 6.45) is 4.90. The maximum atomic E-state index is 5.73. The van der Waals surface area contributed by atoms with Crippen molar-refractivity contribution in [1.82, 2.24) is 19.9 Å². The first-order chi connectivity index (χ1) is 7.97. The van der Waals surface area contributed by atoms with Gasteiger partial charge in [0.05, 0.1) is 11.4 Å². The standard InChI is InChI=1S/C12H15N5/c1-12(2,3)10-4-9(16-11(13)17-10)8-5-14-7-15-6-8/h4-7H,1-3H3,(H2,13,16,17). The fourth-order valence-corrected chi connectivity index (χ4v) is 1.43. The fraction of sp³-hybridized carbons (Fsp3) is 0.333. The topological polar surface area (TPSA) is 77.6 Å². The Morgan fingerprint density at radius 3 is 2.29 bits per heavy atom. The maximum absolute atomic E-state index is 5.73. The van der Waals surface area contributed by atoms with Crippen molar-refractivity contribution in [3.63, 3.8) is 0 Å². The largest absolute Gasteiger partial charge is 0.368 e. The molecule has 0 radical (unpaired) electrons. The zero-order valence-corrected chi connectivity index (χ0v) is 10.2. The first-order valence-corrected chi connectivity index (χ1v) is 5.37. The summed E-state index contributed by atoms with van der Waals surface area (Å²) in [5.41, 5.74) is 8.16. The molecule has 2 aromatic heterocycles. The highest BCUT2D eigenvalue weighted by Crippen LogP contribution is 2.24. The Morgan fingerprint density at radius 1 is 1.06 bits per heavy atom. The minimum atomic E-state index is -0.0680. The summed E-state index contributed by atoms with van der Waals surface area (Å²) in [7, 11) is 0. The third-order valence-corrected chi connectivity index (χ3v) is 2.37. The molecule has 2 N–H and O–H groups in total. The first kappa shape index (κ1) is 11.4. The molecule has 0 atom stereocenters. The zero-order valence-electron chi connectivity index (χ0n) is 10.2. The molecule has 0 bridgehead atoms. The molecular weight excluding hydrogens is 214 g/mol. The third kappa shape index (κ3) is 2.55. The van der Waals surface area contributed by atoms with Gasteiger partial charge in [0.1, 0.15) is 6.33 Å². The number of hydrogen-bond donors (Lipinski definition) is 1. The highest BCUT2D eigenvalue weighted by atomic mass is 15.0. The Balaban J connectivity index is 2.54. The summed E-state index contributed by atoms with van der Waals surface area (Å²) in [4.78, 5) is 16.4. The summed E-state index contributed by atoms with van der Waals surface area (Å²) >= 11 is 0. The van der Waals surface area contributed by atoms with Crippen LogP contribution in [0.3, 0.4) is 0 Å². The molecule has 17 heavy (non-hydrogen) atoms. The van der Waals surface area contributed by atoms with Gasteiger partial charge in [0.15, 0.2) is 0 Å². The lowest BCUT2D eigenvalue weighted by atomic mass is 9.91. The summed E-state index contributed by atoms with van der Waals surface area (Å²) in [6.45, 7) is 6.25. The van der Waals surface area contributed by atoms with Gasteiger partial charge in [-0.15, -0.1) is 0 Å². The van der Waals surface area contributed by atoms with E-state index >= 15 is 0 Å². The van der Waals surface area contributed by atoms with E-state index in [2.05, 4.69) is 40.7 Å². The summed E-state index contributed by atoms with van der Waals surface area (Å²) in [6, 6.07) is 1.93. The normalized spacial score (nSPS) is 11.5. The molecule has 5 nitrogen and oxygen atoms in total. The van der Waals surface area contributed by atoms with Gasteiger partial charge in [-0.05, 0) is 6.07 Å². The van der Waals surface area contributed by atoms with E-state index in [9.17, 15) is 0 Å². The molecule has 2 rings (SSSR count). The van der Waals surface area contributed by atoms with E-state index in [1.54, 1.807) is 12.4 Å². The molecule has 0 spiro atoms. The summed E-state index contributed by atoms with van der Waals surface area (Å²) in [5, 5.41) is 0. The van der Waals surface area contributed by atoms with E-state index < -0.39 is 0 Å². The maximum Gasteiger partial charge on any atom is 0.220 e. The van der Waals surface area contributed by atoms with Crippen molar-refractivity contribution in [2.75, 3.05) is 5.73 Å². The Kier molecular flexibility index (Phi) is 2.75. The van der Waals surface area contributed by atoms with Gasteiger partial charge >= 0.3 is 0 Å². The van der Waals surface area contributed by atoms with Crippen LogP contribution in [-0.2, 0) is 5.41 Å². The number of nitrogens with two attached hydrogens (primary N) is 1. The summed E-state index contributed by atoms with van der Waals surface area (Å²) < 4.78 is 0. The van der Waals surface area contributed by atoms with Crippen molar-refractivity contribution < 1.29 is 0 Å². The summed E-state index contributed by atoms with van der Waals surface area (Å²) in [5.74, 6) is 0.274. The Hall–Kier alpha value is -2.04. The van der Waals surface area contributed by atoms with E-state index in [0.29, 0.717) is 0 Å². The molecule has 0 fully saturated rings. The van der Waals surface area contributed by atoms with Gasteiger partial charge in [0.2, 0.25) is 5.95 Å². The Bertz CT molecular complexity index is 516. The van der Waals surface area contributed by atoms with Crippen molar-refractivity contribution in [3.8, 4) is 11.3 Å². The fourth-order valence-electron chi connectivity index (χ4n) is 1.43. The van der Waals surface area contributed by atoms with Crippen LogP contribution in [0.25, 0.3) is 11.3 Å². The first-order valence-electron chi connectivity index (χ1n) is 5.37. The van der Waals surface area contributed by atoms with Gasteiger partial charge in [0.25, 0.3) is 0 Å². The predicted molar refractivity (Wildman–Crippen MR) is 66.2 cm³/mol. The quantitative estimate of drug-likeness (QED) is 0.807. The molecule has 0 aromatic carbocycles. The Morgan fingerprint density at radius 2 is 1.71 bits per heavy atom. The second-order valence-electron chi connectivity index (χ2n) is 4.87. The molecule has 2 aromatic rings. The van der Waals surface area contributed by atoms with Crippen LogP contribution < -0.4 is 5.73 Å². The number of hydrogen-bond acceptors (Lipinski definition) is 5. The molecule has 0 aliphatic rings. The number of rotatable bonds is 1. The van der Waals surface area contributed by atoms with Gasteiger partial charge in [-0.1, -0.05) is 20.8 Å². The molecule has 0 aliphatic heterocycles. The average molecular weight is 229 g/mol. The smallest absolute Gasteiger partial charge is 0.220 e. The molecule has 0 amide bonds. The van der Waals surface area contributed by atoms with Crippen LogP contribution in [0.2, 0.25) is 0 Å². The van der Waals surface area contributed by atoms with Crippen molar-refractivity contribution in [3.05, 3.63) is 30.5 Å². The van der Waals surface area contributed by atoms with Crippen molar-refractivity contribution in [2.24, 2.45) is 0 Å². The van der Waals surface area contributed by atoms with Crippen LogP contribution in [0.4, 0.5) is 5.95 Å². The van der Waals surface area contributed by atoms with Gasteiger partial charge in [-0.2, -0.15) is 0 Å². The van der Waals surface area contributed by atoms with Crippen molar-refractivity contribution in [1.29, 1.82) is 0 Å². The highest BCUT2D eigenvalue weighted by molar-refractivity contribution is 5.58. The van der Waals surface area contributed by atoms with Gasteiger partial charge in [0, 0.05) is 23.4 Å². The number of nitrogen functional groups attached to an aromatic ring is 1. The van der Waals surface area contributed by atoms with Crippen LogP contribution in [-0.4, -0.2) is 19.9 Å². The van der Waals surface area contributed by atoms with Crippen LogP contribution in [0.5, 0.6) is 0 Å². The molecule has 5 heteroatoms. The van der Waals surface area contributed by atoms with E-state index in [1.165, 1.54) is 6.33 Å². The minimum Gasteiger partial charge on any atom is -0.368 e. The molecule has 0 saturated carbocycles. The van der Waals surface area contributed by atoms with E-state index in [1.807, 2.05) is 6.07 Å². The van der Waals surface area contributed by atoms with Crippen molar-refractivity contribution >= 4 is 5.95 Å². The molecular formula is C12H15N5. The zero-order chi connectivity index (χ0) is 12.5. The highest BCUT2D eigenvalue weighted by Gasteiger charge is 2.17. The average Bonchev–Trinajstić information content (AvgIpc) is 2.28. The molecule has 88 valence electrons. The molecule has 0 unspecified atom stereocenters. The van der Waals surface area contributed by atoms with Crippen molar-refractivity contribution in [2.45, 2.75) is 26.2 Å². The third-order valence-electron chi connectivity index (χ3n) is 2.37. The van der Waals surface area contributed by atoms with Gasteiger partial charge in [-0.25, -0.2) is 19.9 Å². The monoisotopic (exact) mass is 229 g/mol. The number of nitrogens with zero attached hydrogens (tertiary/aromatic N) is 4. The van der Waals surface area contributed by atoms with Crippen LogP contribution >= 0.6 is 0 Å². The Labute approximate surface area is 100 Å². The second kappa shape index (κ2) is 4.08. The van der Waals surface area contributed by atoms with Gasteiger partial charge in [-0.3, -0.25) is 0 Å². The van der Waals surface area contributed by atoms with E-state index in [4.69, 9.17) is 5.73 Å². The molecule has 2 heterocycles. The van der Waals surface area contributed by atoms with E-state index in [-0.39, 0.29) is 11.4 Å². The molecule has 0 aliphatic carbocycles. The lowest BCUT2D eigenvalue weighted by molar-refractivity contribution is 0.568. The second-order valence-corrected chi connectivity index (χ2v) is 4.87. The lowest BCUT2D eigenvalue weighted by Crippen LogP contribution is -2.15. The number of anilines is 1.